The Hall–Kier alpha value is -3.01. The molecule has 1 aromatic rings. The second-order valence-electron chi connectivity index (χ2n) is 7.23. The molecule has 32 heavy (non-hydrogen) atoms. The number of thiocarbonyl (C=S) groups is 1. The van der Waals surface area contributed by atoms with E-state index in [0.717, 1.165) is 5.56 Å². The van der Waals surface area contributed by atoms with E-state index >= 15 is 0 Å². The van der Waals surface area contributed by atoms with Crippen LogP contribution in [0.5, 0.6) is 0 Å². The average molecular weight is 464 g/mol. The SMILES string of the molecule is CCCOC(=O)CC1C(=O)NCCN1C(=S)NC(=O)CCC(=O)OCCc1ccccc1. The molecule has 0 aromatic heterocycles. The van der Waals surface area contributed by atoms with Gasteiger partial charge in [0.05, 0.1) is 26.1 Å². The highest BCUT2D eigenvalue weighted by Gasteiger charge is 2.34. The maximum Gasteiger partial charge on any atom is 0.308 e. The second kappa shape index (κ2) is 13.4. The summed E-state index contributed by atoms with van der Waals surface area (Å²) >= 11 is 5.27. The van der Waals surface area contributed by atoms with Crippen molar-refractivity contribution in [2.45, 2.75) is 45.1 Å². The lowest BCUT2D eigenvalue weighted by molar-refractivity contribution is -0.147. The van der Waals surface area contributed by atoms with Gasteiger partial charge < -0.3 is 25.0 Å². The third-order valence-electron chi connectivity index (χ3n) is 4.72. The molecule has 0 spiro atoms. The van der Waals surface area contributed by atoms with Crippen LogP contribution >= 0.6 is 12.2 Å². The summed E-state index contributed by atoms with van der Waals surface area (Å²) in [6.07, 6.45) is 0.914. The summed E-state index contributed by atoms with van der Waals surface area (Å²) in [6.45, 7) is 3.06. The van der Waals surface area contributed by atoms with Crippen molar-refractivity contribution in [3.63, 3.8) is 0 Å². The van der Waals surface area contributed by atoms with E-state index in [9.17, 15) is 19.2 Å². The number of carbonyl (C=O) groups excluding carboxylic acids is 4. The first-order chi connectivity index (χ1) is 15.4. The van der Waals surface area contributed by atoms with Gasteiger partial charge in [-0.05, 0) is 24.2 Å². The molecule has 1 aliphatic heterocycles. The van der Waals surface area contributed by atoms with E-state index in [4.69, 9.17) is 21.7 Å². The Bertz CT molecular complexity index is 817. The van der Waals surface area contributed by atoms with Gasteiger partial charge in [0.1, 0.15) is 6.04 Å². The molecule has 1 unspecified atom stereocenters. The molecule has 1 aliphatic rings. The van der Waals surface area contributed by atoms with E-state index in [2.05, 4.69) is 10.6 Å². The van der Waals surface area contributed by atoms with Gasteiger partial charge in [0.15, 0.2) is 5.11 Å². The van der Waals surface area contributed by atoms with Gasteiger partial charge in [0.2, 0.25) is 11.8 Å². The molecule has 10 heteroatoms. The molecule has 9 nitrogen and oxygen atoms in total. The fourth-order valence-electron chi connectivity index (χ4n) is 3.06. The minimum atomic E-state index is -0.858. The van der Waals surface area contributed by atoms with Gasteiger partial charge in [0.25, 0.3) is 0 Å². The number of carbonyl (C=O) groups is 4. The minimum Gasteiger partial charge on any atom is -0.466 e. The van der Waals surface area contributed by atoms with E-state index in [-0.39, 0.29) is 43.5 Å². The van der Waals surface area contributed by atoms with Crippen LogP contribution in [0.4, 0.5) is 0 Å². The number of ether oxygens (including phenoxy) is 2. The summed E-state index contributed by atoms with van der Waals surface area (Å²) in [6, 6.07) is 8.77. The quantitative estimate of drug-likeness (QED) is 0.392. The third-order valence-corrected chi connectivity index (χ3v) is 5.05. The van der Waals surface area contributed by atoms with Crippen LogP contribution in [0, 0.1) is 0 Å². The van der Waals surface area contributed by atoms with Crippen molar-refractivity contribution in [1.82, 2.24) is 15.5 Å². The molecule has 0 saturated carbocycles. The zero-order valence-corrected chi connectivity index (χ0v) is 18.9. The van der Waals surface area contributed by atoms with Crippen LogP contribution in [0.2, 0.25) is 0 Å². The zero-order chi connectivity index (χ0) is 23.3. The summed E-state index contributed by atoms with van der Waals surface area (Å²) in [7, 11) is 0. The molecule has 0 radical (unpaired) electrons. The molecule has 1 saturated heterocycles. The number of nitrogens with zero attached hydrogens (tertiary/aromatic N) is 1. The second-order valence-corrected chi connectivity index (χ2v) is 7.62. The number of esters is 2. The molecule has 1 aromatic carbocycles. The Labute approximate surface area is 192 Å². The Morgan fingerprint density at radius 1 is 1.12 bits per heavy atom. The summed E-state index contributed by atoms with van der Waals surface area (Å²) in [4.78, 5) is 49.8. The van der Waals surface area contributed by atoms with E-state index in [1.165, 1.54) is 4.90 Å². The lowest BCUT2D eigenvalue weighted by Crippen LogP contribution is -2.60. The number of piperazine rings is 1. The van der Waals surface area contributed by atoms with Gasteiger partial charge in [-0.2, -0.15) is 0 Å². The molecule has 2 amide bonds. The molecule has 0 aliphatic carbocycles. The fourth-order valence-corrected chi connectivity index (χ4v) is 3.39. The van der Waals surface area contributed by atoms with Crippen molar-refractivity contribution in [2.75, 3.05) is 26.3 Å². The summed E-state index contributed by atoms with van der Waals surface area (Å²) in [5, 5.41) is 5.25. The lowest BCUT2D eigenvalue weighted by Gasteiger charge is -2.36. The predicted octanol–water partition coefficient (Wildman–Crippen LogP) is 1.10. The molecule has 174 valence electrons. The van der Waals surface area contributed by atoms with Crippen molar-refractivity contribution >= 4 is 41.1 Å². The van der Waals surface area contributed by atoms with Gasteiger partial charge in [-0.1, -0.05) is 37.3 Å². The monoisotopic (exact) mass is 463 g/mol. The Morgan fingerprint density at radius 3 is 2.56 bits per heavy atom. The van der Waals surface area contributed by atoms with E-state index < -0.39 is 23.9 Å². The normalized spacial score (nSPS) is 15.5. The molecule has 1 atom stereocenters. The highest BCUT2D eigenvalue weighted by Crippen LogP contribution is 2.11. The largest absolute Gasteiger partial charge is 0.466 e. The average Bonchev–Trinajstić information content (AvgIpc) is 2.78. The number of benzene rings is 1. The van der Waals surface area contributed by atoms with Gasteiger partial charge in [-0.15, -0.1) is 0 Å². The number of hydrogen-bond acceptors (Lipinski definition) is 7. The molecular formula is C22H29N3O6S. The van der Waals surface area contributed by atoms with Gasteiger partial charge in [-0.3, -0.25) is 19.2 Å². The molecular weight excluding hydrogens is 434 g/mol. The number of amides is 2. The van der Waals surface area contributed by atoms with Crippen molar-refractivity contribution in [3.8, 4) is 0 Å². The maximum absolute atomic E-state index is 12.2. The van der Waals surface area contributed by atoms with Crippen LogP contribution in [0.3, 0.4) is 0 Å². The predicted molar refractivity (Wildman–Crippen MR) is 120 cm³/mol. The van der Waals surface area contributed by atoms with E-state index in [1.807, 2.05) is 37.3 Å². The van der Waals surface area contributed by atoms with Crippen LogP contribution < -0.4 is 10.6 Å². The first kappa shape index (κ1) is 25.3. The van der Waals surface area contributed by atoms with Crippen LogP contribution in [0.1, 0.15) is 38.2 Å². The van der Waals surface area contributed by atoms with Crippen molar-refractivity contribution < 1.29 is 28.7 Å². The van der Waals surface area contributed by atoms with Crippen LogP contribution in [-0.2, 0) is 35.1 Å². The first-order valence-electron chi connectivity index (χ1n) is 10.6. The standard InChI is InChI=1S/C22H29N3O6S/c1-2-13-30-20(28)15-17-21(29)23-11-12-25(17)22(32)24-18(26)8-9-19(27)31-14-10-16-6-4-3-5-7-16/h3-7,17H,2,8-15H2,1H3,(H,23,29)(H,24,26,32). The summed E-state index contributed by atoms with van der Waals surface area (Å²) < 4.78 is 10.2. The van der Waals surface area contributed by atoms with Crippen molar-refractivity contribution in [1.29, 1.82) is 0 Å². The molecule has 2 N–H and O–H groups in total. The van der Waals surface area contributed by atoms with Gasteiger partial charge in [-0.25, -0.2) is 0 Å². The molecule has 1 heterocycles. The van der Waals surface area contributed by atoms with E-state index in [0.29, 0.717) is 25.9 Å². The number of rotatable bonds is 10. The lowest BCUT2D eigenvalue weighted by atomic mass is 10.1. The molecule has 1 fully saturated rings. The van der Waals surface area contributed by atoms with Gasteiger partial charge >= 0.3 is 11.9 Å². The third kappa shape index (κ3) is 8.62. The maximum atomic E-state index is 12.2. The Morgan fingerprint density at radius 2 is 1.84 bits per heavy atom. The fraction of sp³-hybridized carbons (Fsp3) is 0.500. The van der Waals surface area contributed by atoms with Gasteiger partial charge in [0, 0.05) is 25.9 Å². The van der Waals surface area contributed by atoms with Crippen LogP contribution in [-0.4, -0.2) is 66.1 Å². The van der Waals surface area contributed by atoms with Crippen molar-refractivity contribution in [3.05, 3.63) is 35.9 Å². The topological polar surface area (TPSA) is 114 Å². The number of nitrogens with one attached hydrogen (secondary N) is 2. The summed E-state index contributed by atoms with van der Waals surface area (Å²) in [5.41, 5.74) is 1.06. The summed E-state index contributed by atoms with van der Waals surface area (Å²) in [5.74, 6) is -1.81. The molecule has 0 bridgehead atoms. The highest BCUT2D eigenvalue weighted by atomic mass is 32.1. The molecule has 2 rings (SSSR count). The van der Waals surface area contributed by atoms with Crippen LogP contribution in [0.15, 0.2) is 30.3 Å². The van der Waals surface area contributed by atoms with E-state index in [1.54, 1.807) is 0 Å². The first-order valence-corrected chi connectivity index (χ1v) is 11.0. The smallest absolute Gasteiger partial charge is 0.308 e. The zero-order valence-electron chi connectivity index (χ0n) is 18.1. The minimum absolute atomic E-state index is 0.0376. The highest BCUT2D eigenvalue weighted by molar-refractivity contribution is 7.80. The van der Waals surface area contributed by atoms with Crippen LogP contribution in [0.25, 0.3) is 0 Å². The Kier molecular flexibility index (Phi) is 10.6. The van der Waals surface area contributed by atoms with Crippen molar-refractivity contribution in [2.24, 2.45) is 0 Å². The number of hydrogen-bond donors (Lipinski definition) is 2. The Balaban J connectivity index is 1.75.